The van der Waals surface area contributed by atoms with Crippen LogP contribution in [-0.2, 0) is 0 Å². The predicted octanol–water partition coefficient (Wildman–Crippen LogP) is 3.27. The van der Waals surface area contributed by atoms with E-state index in [0.29, 0.717) is 6.04 Å². The summed E-state index contributed by atoms with van der Waals surface area (Å²) in [5, 5.41) is 6.99. The van der Waals surface area contributed by atoms with Crippen molar-refractivity contribution in [2.45, 2.75) is 6.04 Å². The van der Waals surface area contributed by atoms with Crippen molar-refractivity contribution in [3.05, 3.63) is 54.1 Å². The van der Waals surface area contributed by atoms with Crippen LogP contribution >= 0.6 is 0 Å². The average molecular weight is 240 g/mol. The summed E-state index contributed by atoms with van der Waals surface area (Å²) in [7, 11) is 1.69. The van der Waals surface area contributed by atoms with Gasteiger partial charge in [-0.2, -0.15) is 0 Å². The SMILES string of the molecule is COc1ccc2c(c1)NC(c1ccccc1)CN2. The highest BCUT2D eigenvalue weighted by Crippen LogP contribution is 2.34. The van der Waals surface area contributed by atoms with Gasteiger partial charge in [0.15, 0.2) is 0 Å². The number of nitrogens with one attached hydrogen (secondary N) is 2. The Balaban J connectivity index is 1.88. The van der Waals surface area contributed by atoms with Gasteiger partial charge in [-0.1, -0.05) is 30.3 Å². The van der Waals surface area contributed by atoms with E-state index in [1.807, 2.05) is 24.3 Å². The Hall–Kier alpha value is -2.16. The number of ether oxygens (including phenoxy) is 1. The molecule has 3 rings (SSSR count). The van der Waals surface area contributed by atoms with Crippen LogP contribution in [0.2, 0.25) is 0 Å². The number of methoxy groups -OCH3 is 1. The standard InChI is InChI=1S/C15H16N2O/c1-18-12-7-8-13-14(9-12)17-15(10-16-13)11-5-3-2-4-6-11/h2-9,15-17H,10H2,1H3. The lowest BCUT2D eigenvalue weighted by atomic mass is 10.0. The maximum absolute atomic E-state index is 5.25. The summed E-state index contributed by atoms with van der Waals surface area (Å²) in [6, 6.07) is 16.8. The molecule has 0 spiro atoms. The number of rotatable bonds is 2. The first-order valence-corrected chi connectivity index (χ1v) is 6.10. The van der Waals surface area contributed by atoms with Crippen LogP contribution in [0.25, 0.3) is 0 Å². The van der Waals surface area contributed by atoms with Gasteiger partial charge in [0.25, 0.3) is 0 Å². The molecular formula is C15H16N2O. The summed E-state index contributed by atoms with van der Waals surface area (Å²) in [4.78, 5) is 0. The molecule has 2 aromatic rings. The van der Waals surface area contributed by atoms with E-state index in [0.717, 1.165) is 23.7 Å². The van der Waals surface area contributed by atoms with Crippen molar-refractivity contribution >= 4 is 11.4 Å². The fourth-order valence-corrected chi connectivity index (χ4v) is 2.26. The minimum absolute atomic E-state index is 0.297. The van der Waals surface area contributed by atoms with Crippen LogP contribution in [0, 0.1) is 0 Å². The molecule has 2 aromatic carbocycles. The van der Waals surface area contributed by atoms with Crippen LogP contribution in [0.5, 0.6) is 5.75 Å². The van der Waals surface area contributed by atoms with Crippen LogP contribution < -0.4 is 15.4 Å². The van der Waals surface area contributed by atoms with Gasteiger partial charge in [0.05, 0.1) is 24.5 Å². The van der Waals surface area contributed by atoms with Gasteiger partial charge < -0.3 is 15.4 Å². The van der Waals surface area contributed by atoms with Gasteiger partial charge in [0, 0.05) is 12.6 Å². The molecule has 3 heteroatoms. The van der Waals surface area contributed by atoms with E-state index in [1.165, 1.54) is 5.56 Å². The maximum atomic E-state index is 5.25. The Kier molecular flexibility index (Phi) is 2.81. The number of benzene rings is 2. The van der Waals surface area contributed by atoms with Gasteiger partial charge >= 0.3 is 0 Å². The lowest BCUT2D eigenvalue weighted by Gasteiger charge is -2.29. The van der Waals surface area contributed by atoms with Gasteiger partial charge in [-0.3, -0.25) is 0 Å². The molecule has 92 valence electrons. The molecule has 0 saturated carbocycles. The fraction of sp³-hybridized carbons (Fsp3) is 0.200. The Morgan fingerprint density at radius 2 is 1.89 bits per heavy atom. The minimum Gasteiger partial charge on any atom is -0.497 e. The van der Waals surface area contributed by atoms with Crippen molar-refractivity contribution in [2.75, 3.05) is 24.3 Å². The third kappa shape index (κ3) is 1.99. The van der Waals surface area contributed by atoms with Crippen molar-refractivity contribution in [1.82, 2.24) is 0 Å². The zero-order chi connectivity index (χ0) is 12.4. The van der Waals surface area contributed by atoms with Crippen molar-refractivity contribution < 1.29 is 4.74 Å². The van der Waals surface area contributed by atoms with Gasteiger partial charge in [0.1, 0.15) is 5.75 Å². The smallest absolute Gasteiger partial charge is 0.121 e. The molecule has 18 heavy (non-hydrogen) atoms. The van der Waals surface area contributed by atoms with E-state index in [4.69, 9.17) is 4.74 Å². The van der Waals surface area contributed by atoms with Gasteiger partial charge in [-0.15, -0.1) is 0 Å². The van der Waals surface area contributed by atoms with E-state index >= 15 is 0 Å². The third-order valence-electron chi connectivity index (χ3n) is 3.26. The summed E-state index contributed by atoms with van der Waals surface area (Å²) < 4.78 is 5.25. The van der Waals surface area contributed by atoms with Crippen molar-refractivity contribution in [1.29, 1.82) is 0 Å². The molecular weight excluding hydrogens is 224 g/mol. The maximum Gasteiger partial charge on any atom is 0.121 e. The lowest BCUT2D eigenvalue weighted by Crippen LogP contribution is -2.25. The lowest BCUT2D eigenvalue weighted by molar-refractivity contribution is 0.415. The quantitative estimate of drug-likeness (QED) is 0.845. The van der Waals surface area contributed by atoms with E-state index in [9.17, 15) is 0 Å². The molecule has 3 nitrogen and oxygen atoms in total. The molecule has 1 heterocycles. The van der Waals surface area contributed by atoms with Crippen LogP contribution in [0.1, 0.15) is 11.6 Å². The number of anilines is 2. The fourth-order valence-electron chi connectivity index (χ4n) is 2.26. The van der Waals surface area contributed by atoms with Crippen LogP contribution in [-0.4, -0.2) is 13.7 Å². The molecule has 1 unspecified atom stereocenters. The minimum atomic E-state index is 0.297. The topological polar surface area (TPSA) is 33.3 Å². The Morgan fingerprint density at radius 1 is 1.06 bits per heavy atom. The third-order valence-corrected chi connectivity index (χ3v) is 3.26. The first-order chi connectivity index (χ1) is 8.86. The largest absolute Gasteiger partial charge is 0.497 e. The summed E-state index contributed by atoms with van der Waals surface area (Å²) in [5.74, 6) is 0.872. The van der Waals surface area contributed by atoms with Crippen molar-refractivity contribution in [3.8, 4) is 5.75 Å². The summed E-state index contributed by atoms with van der Waals surface area (Å²) in [6.07, 6.45) is 0. The Labute approximate surface area is 107 Å². The molecule has 0 saturated heterocycles. The first-order valence-electron chi connectivity index (χ1n) is 6.10. The van der Waals surface area contributed by atoms with E-state index in [1.54, 1.807) is 7.11 Å². The monoisotopic (exact) mass is 240 g/mol. The number of fused-ring (bicyclic) bond motifs is 1. The summed E-state index contributed by atoms with van der Waals surface area (Å²) >= 11 is 0. The number of hydrogen-bond acceptors (Lipinski definition) is 3. The Bertz CT molecular complexity index is 539. The summed E-state index contributed by atoms with van der Waals surface area (Å²) in [6.45, 7) is 0.892. The zero-order valence-electron chi connectivity index (χ0n) is 10.3. The zero-order valence-corrected chi connectivity index (χ0v) is 10.3. The second-order valence-corrected chi connectivity index (χ2v) is 4.40. The highest BCUT2D eigenvalue weighted by Gasteiger charge is 2.18. The normalized spacial score (nSPS) is 17.3. The van der Waals surface area contributed by atoms with Crippen LogP contribution in [0.4, 0.5) is 11.4 Å². The van der Waals surface area contributed by atoms with Crippen molar-refractivity contribution in [3.63, 3.8) is 0 Å². The van der Waals surface area contributed by atoms with E-state index in [2.05, 4.69) is 34.9 Å². The molecule has 2 N–H and O–H groups in total. The number of hydrogen-bond donors (Lipinski definition) is 2. The highest BCUT2D eigenvalue weighted by molar-refractivity contribution is 5.73. The van der Waals surface area contributed by atoms with Crippen molar-refractivity contribution in [2.24, 2.45) is 0 Å². The van der Waals surface area contributed by atoms with Gasteiger partial charge in [-0.05, 0) is 17.7 Å². The molecule has 0 aliphatic carbocycles. The highest BCUT2D eigenvalue weighted by atomic mass is 16.5. The predicted molar refractivity (Wildman–Crippen MR) is 74.3 cm³/mol. The van der Waals surface area contributed by atoms with Gasteiger partial charge in [-0.25, -0.2) is 0 Å². The molecule has 0 aromatic heterocycles. The molecule has 1 aliphatic rings. The first kappa shape index (κ1) is 11.0. The van der Waals surface area contributed by atoms with E-state index < -0.39 is 0 Å². The molecule has 0 bridgehead atoms. The molecule has 1 aliphatic heterocycles. The molecule has 0 fully saturated rings. The molecule has 0 amide bonds. The van der Waals surface area contributed by atoms with Crippen LogP contribution in [0.3, 0.4) is 0 Å². The molecule has 1 atom stereocenters. The van der Waals surface area contributed by atoms with E-state index in [-0.39, 0.29) is 0 Å². The van der Waals surface area contributed by atoms with Gasteiger partial charge in [0.2, 0.25) is 0 Å². The second-order valence-electron chi connectivity index (χ2n) is 4.40. The second kappa shape index (κ2) is 4.61. The van der Waals surface area contributed by atoms with Crippen LogP contribution in [0.15, 0.2) is 48.5 Å². The average Bonchev–Trinajstić information content (AvgIpc) is 2.47. The Morgan fingerprint density at radius 3 is 2.67 bits per heavy atom. The summed E-state index contributed by atoms with van der Waals surface area (Å²) in [5.41, 5.74) is 3.51. The molecule has 0 radical (unpaired) electrons.